The number of aromatic nitrogens is 1. The summed E-state index contributed by atoms with van der Waals surface area (Å²) in [6.45, 7) is 5.63. The van der Waals surface area contributed by atoms with Crippen LogP contribution in [-0.2, 0) is 22.6 Å². The smallest absolute Gasteiger partial charge is 0.256 e. The molecule has 55 heavy (non-hydrogen) atoms. The predicted octanol–water partition coefficient (Wildman–Crippen LogP) is 4.56. The highest BCUT2D eigenvalue weighted by atomic mass is 16.3. The Kier molecular flexibility index (Phi) is 9.30. The number of amides is 3. The van der Waals surface area contributed by atoms with Gasteiger partial charge in [0.2, 0.25) is 11.8 Å². The maximum Gasteiger partial charge on any atom is 0.256 e. The van der Waals surface area contributed by atoms with Crippen molar-refractivity contribution in [1.29, 1.82) is 0 Å². The number of aromatic hydroxyl groups is 1. The molecule has 9 rings (SSSR count). The molecule has 4 aliphatic heterocycles. The van der Waals surface area contributed by atoms with Crippen LogP contribution in [0.3, 0.4) is 0 Å². The number of rotatable bonds is 7. The number of hydrogen-bond donors (Lipinski definition) is 3. The average Bonchev–Trinajstić information content (AvgIpc) is 3.53. The zero-order valence-corrected chi connectivity index (χ0v) is 31.1. The summed E-state index contributed by atoms with van der Waals surface area (Å²) in [4.78, 5) is 50.5. The van der Waals surface area contributed by atoms with Crippen molar-refractivity contribution >= 4 is 29.2 Å². The SMILES string of the molecule is O=C1CCC(N2Cc3nc(N4CCN(CC5(O)CCN(c6ccc([C@@H]7c8ccc(O)cc8CC[C@@H]7c7ccccc7)cc6)CC5)CC4)ccc3C2=O)C(=O)N1. The molecule has 1 aromatic heterocycles. The maximum absolute atomic E-state index is 13.1. The van der Waals surface area contributed by atoms with Crippen molar-refractivity contribution in [2.45, 2.75) is 68.5 Å². The number of carbonyl (C=O) groups is 3. The number of anilines is 2. The van der Waals surface area contributed by atoms with Gasteiger partial charge in [0.1, 0.15) is 17.6 Å². The quantitative estimate of drug-likeness (QED) is 0.234. The van der Waals surface area contributed by atoms with Crippen molar-refractivity contribution in [3.8, 4) is 5.75 Å². The van der Waals surface area contributed by atoms with E-state index in [9.17, 15) is 24.6 Å². The summed E-state index contributed by atoms with van der Waals surface area (Å²) in [6.07, 6.45) is 3.95. The lowest BCUT2D eigenvalue weighted by Crippen LogP contribution is -2.55. The van der Waals surface area contributed by atoms with Crippen molar-refractivity contribution < 1.29 is 24.6 Å². The summed E-state index contributed by atoms with van der Waals surface area (Å²) in [5.74, 6) is 0.791. The number of carbonyl (C=O) groups excluding carboxylic acids is 3. The molecule has 0 spiro atoms. The highest BCUT2D eigenvalue weighted by Gasteiger charge is 2.41. The monoisotopic (exact) mass is 740 g/mol. The van der Waals surface area contributed by atoms with Crippen LogP contribution < -0.4 is 15.1 Å². The van der Waals surface area contributed by atoms with Crippen LogP contribution in [0.2, 0.25) is 0 Å². The minimum atomic E-state index is -0.745. The van der Waals surface area contributed by atoms with Gasteiger partial charge in [-0.1, -0.05) is 48.5 Å². The number of piperazine rings is 1. The van der Waals surface area contributed by atoms with Crippen LogP contribution in [-0.4, -0.2) is 100 Å². The number of piperidine rings is 2. The lowest BCUT2D eigenvalue weighted by molar-refractivity contribution is -0.136. The molecule has 3 atom stereocenters. The summed E-state index contributed by atoms with van der Waals surface area (Å²) in [5, 5.41) is 24.3. The van der Waals surface area contributed by atoms with E-state index in [1.54, 1.807) is 0 Å². The molecule has 3 aromatic carbocycles. The zero-order chi connectivity index (χ0) is 37.7. The summed E-state index contributed by atoms with van der Waals surface area (Å²) >= 11 is 0. The van der Waals surface area contributed by atoms with E-state index in [1.165, 1.54) is 32.8 Å². The van der Waals surface area contributed by atoms with Crippen molar-refractivity contribution in [3.63, 3.8) is 0 Å². The maximum atomic E-state index is 13.1. The lowest BCUT2D eigenvalue weighted by Gasteiger charge is -2.44. The van der Waals surface area contributed by atoms with Crippen molar-refractivity contribution in [3.05, 3.63) is 118 Å². The summed E-state index contributed by atoms with van der Waals surface area (Å²) in [7, 11) is 0. The molecule has 3 fully saturated rings. The minimum absolute atomic E-state index is 0.213. The molecule has 0 radical (unpaired) electrons. The Morgan fingerprint density at radius 3 is 2.29 bits per heavy atom. The molecule has 11 heteroatoms. The van der Waals surface area contributed by atoms with Gasteiger partial charge >= 0.3 is 0 Å². The van der Waals surface area contributed by atoms with Gasteiger partial charge in [-0.2, -0.15) is 0 Å². The molecule has 5 heterocycles. The molecule has 3 saturated heterocycles. The molecule has 0 saturated carbocycles. The van der Waals surface area contributed by atoms with Gasteiger partial charge < -0.3 is 24.9 Å². The van der Waals surface area contributed by atoms with Gasteiger partial charge in [0, 0.05) is 63.8 Å². The Morgan fingerprint density at radius 2 is 1.55 bits per heavy atom. The fourth-order valence-corrected chi connectivity index (χ4v) is 9.66. The number of nitrogens with zero attached hydrogens (tertiary/aromatic N) is 5. The highest BCUT2D eigenvalue weighted by Crippen LogP contribution is 2.47. The normalized spacial score (nSPS) is 24.1. The van der Waals surface area contributed by atoms with Gasteiger partial charge in [0.25, 0.3) is 5.91 Å². The second-order valence-electron chi connectivity index (χ2n) is 16.0. The van der Waals surface area contributed by atoms with E-state index >= 15 is 0 Å². The molecule has 3 amide bonds. The van der Waals surface area contributed by atoms with Crippen molar-refractivity contribution in [2.75, 3.05) is 55.6 Å². The van der Waals surface area contributed by atoms with Gasteiger partial charge in [-0.25, -0.2) is 4.98 Å². The van der Waals surface area contributed by atoms with E-state index in [0.717, 1.165) is 57.9 Å². The Hall–Kier alpha value is -5.26. The van der Waals surface area contributed by atoms with E-state index in [-0.39, 0.29) is 30.7 Å². The van der Waals surface area contributed by atoms with Crippen LogP contribution in [0.1, 0.15) is 82.2 Å². The van der Waals surface area contributed by atoms with Gasteiger partial charge in [-0.15, -0.1) is 0 Å². The number of nitrogens with one attached hydrogen (secondary N) is 1. The number of aliphatic hydroxyl groups is 1. The first-order valence-electron chi connectivity index (χ1n) is 19.8. The van der Waals surface area contributed by atoms with E-state index < -0.39 is 17.6 Å². The van der Waals surface area contributed by atoms with Crippen LogP contribution in [0.25, 0.3) is 0 Å². The molecule has 5 aliphatic rings. The van der Waals surface area contributed by atoms with Gasteiger partial charge in [0.05, 0.1) is 23.4 Å². The summed E-state index contributed by atoms with van der Waals surface area (Å²) in [6, 6.07) is 28.7. The Bertz CT molecular complexity index is 2090. The Labute approximate surface area is 321 Å². The molecular weight excluding hydrogens is 693 g/mol. The first-order valence-corrected chi connectivity index (χ1v) is 19.8. The summed E-state index contributed by atoms with van der Waals surface area (Å²) < 4.78 is 0. The number of phenolic OH excluding ortho intramolecular Hbond substituents is 1. The van der Waals surface area contributed by atoms with Crippen LogP contribution in [0.5, 0.6) is 5.75 Å². The first-order chi connectivity index (χ1) is 26.7. The van der Waals surface area contributed by atoms with Gasteiger partial charge in [-0.3, -0.25) is 24.6 Å². The number of β-amino-alcohol motifs (C(OH)–C–C–N with tert-alkyl or cyclic N) is 1. The number of hydrogen-bond acceptors (Lipinski definition) is 9. The fraction of sp³-hybridized carbons (Fsp3) is 0.409. The highest BCUT2D eigenvalue weighted by molar-refractivity contribution is 6.05. The van der Waals surface area contributed by atoms with E-state index in [2.05, 4.69) is 80.7 Å². The molecule has 0 bridgehead atoms. The predicted molar refractivity (Wildman–Crippen MR) is 209 cm³/mol. The van der Waals surface area contributed by atoms with Gasteiger partial charge in [0.15, 0.2) is 0 Å². The molecular formula is C44H48N6O5. The number of fused-ring (bicyclic) bond motifs is 2. The Balaban J connectivity index is 0.796. The molecule has 1 unspecified atom stereocenters. The third-order valence-electron chi connectivity index (χ3n) is 12.7. The summed E-state index contributed by atoms with van der Waals surface area (Å²) in [5.41, 5.74) is 6.79. The second-order valence-corrected chi connectivity index (χ2v) is 16.0. The molecule has 1 aliphatic carbocycles. The zero-order valence-electron chi connectivity index (χ0n) is 31.1. The van der Waals surface area contributed by atoms with Gasteiger partial charge in [-0.05, 0) is 96.7 Å². The molecule has 11 nitrogen and oxygen atoms in total. The van der Waals surface area contributed by atoms with Crippen LogP contribution in [0.4, 0.5) is 11.5 Å². The molecule has 284 valence electrons. The van der Waals surface area contributed by atoms with E-state index in [4.69, 9.17) is 4.98 Å². The second kappa shape index (κ2) is 14.4. The standard InChI is InChI=1S/C44H48N6O5/c51-33-11-13-35-31(26-33)8-12-34(29-4-2-1-3-5-29)41(35)30-6-9-32(10-7-30)48-20-18-44(55,19-21-48)28-47-22-24-49(25-23-47)39-16-14-36-37(45-39)27-50(43(36)54)38-15-17-40(52)46-42(38)53/h1-7,9-11,13-14,16,26,34,38,41,51,55H,8,12,15,17-25,27-28H2,(H,46,52,53)/t34-,38?,41+/m1/s1. The largest absolute Gasteiger partial charge is 0.508 e. The minimum Gasteiger partial charge on any atom is -0.508 e. The molecule has 3 N–H and O–H groups in total. The van der Waals surface area contributed by atoms with Crippen LogP contribution >= 0.6 is 0 Å². The van der Waals surface area contributed by atoms with Crippen LogP contribution in [0, 0.1) is 0 Å². The Morgan fingerprint density at radius 1 is 0.782 bits per heavy atom. The fourth-order valence-electron chi connectivity index (χ4n) is 9.66. The van der Waals surface area contributed by atoms with Crippen molar-refractivity contribution in [1.82, 2.24) is 20.1 Å². The third-order valence-corrected chi connectivity index (χ3v) is 12.7. The third kappa shape index (κ3) is 6.95. The number of imide groups is 1. The number of phenols is 1. The van der Waals surface area contributed by atoms with Crippen LogP contribution in [0.15, 0.2) is 84.9 Å². The van der Waals surface area contributed by atoms with E-state index in [1.807, 2.05) is 24.3 Å². The lowest BCUT2D eigenvalue weighted by atomic mass is 9.69. The van der Waals surface area contributed by atoms with Crippen molar-refractivity contribution in [2.24, 2.45) is 0 Å². The number of pyridine rings is 1. The topological polar surface area (TPSA) is 130 Å². The molecule has 4 aromatic rings. The number of aryl methyl sites for hydroxylation is 1. The van der Waals surface area contributed by atoms with E-state index in [0.29, 0.717) is 48.7 Å². The average molecular weight is 741 g/mol. The number of benzene rings is 3. The first kappa shape index (κ1) is 35.4.